The molecule has 0 saturated heterocycles. The summed E-state index contributed by atoms with van der Waals surface area (Å²) < 4.78 is 14.2. The van der Waals surface area contributed by atoms with E-state index in [0.717, 1.165) is 36.4 Å². The average molecular weight is 308 g/mol. The number of halogens is 2. The highest BCUT2D eigenvalue weighted by Gasteiger charge is 2.51. The van der Waals surface area contributed by atoms with Crippen LogP contribution in [-0.4, -0.2) is 12.6 Å². The summed E-state index contributed by atoms with van der Waals surface area (Å²) >= 11 is 6.29. The number of rotatable bonds is 5. The minimum Gasteiger partial charge on any atom is -0.313 e. The first-order chi connectivity index (χ1) is 10.2. The number of benzene rings is 1. The second-order valence-corrected chi connectivity index (χ2v) is 7.88. The zero-order chi connectivity index (χ0) is 14.4. The summed E-state index contributed by atoms with van der Waals surface area (Å²) in [4.78, 5) is 0. The van der Waals surface area contributed by atoms with Crippen molar-refractivity contribution in [1.29, 1.82) is 0 Å². The van der Waals surface area contributed by atoms with Gasteiger partial charge in [-0.25, -0.2) is 4.39 Å². The first-order valence-electron chi connectivity index (χ1n) is 8.32. The summed E-state index contributed by atoms with van der Waals surface area (Å²) in [5, 5.41) is 4.32. The molecule has 3 atom stereocenters. The molecule has 1 aromatic rings. The molecule has 2 bridgehead atoms. The van der Waals surface area contributed by atoms with E-state index in [1.165, 1.54) is 38.5 Å². The van der Waals surface area contributed by atoms with Crippen LogP contribution in [0.25, 0.3) is 0 Å². The van der Waals surface area contributed by atoms with Gasteiger partial charge in [-0.05, 0) is 67.9 Å². The Balaban J connectivity index is 1.60. The summed E-state index contributed by atoms with van der Waals surface area (Å²) in [5.74, 6) is 1.49. The SMILES string of the molecule is Fc1cccc(Cl)c1CC1(CNC2CC2)CC2CCC1C2. The highest BCUT2D eigenvalue weighted by Crippen LogP contribution is 2.57. The lowest BCUT2D eigenvalue weighted by molar-refractivity contribution is 0.154. The van der Waals surface area contributed by atoms with E-state index in [-0.39, 0.29) is 11.2 Å². The standard InChI is InChI=1S/C18H23ClFN/c19-16-2-1-3-17(20)15(16)10-18(11-21-14-6-7-14)9-12-4-5-13(18)8-12/h1-3,12-14,21H,4-11H2. The molecule has 3 aliphatic rings. The molecule has 0 spiro atoms. The van der Waals surface area contributed by atoms with E-state index in [1.807, 2.05) is 6.07 Å². The van der Waals surface area contributed by atoms with Gasteiger partial charge in [0.25, 0.3) is 0 Å². The van der Waals surface area contributed by atoms with Crippen LogP contribution in [0.5, 0.6) is 0 Å². The lowest BCUT2D eigenvalue weighted by Crippen LogP contribution is -2.41. The predicted molar refractivity (Wildman–Crippen MR) is 84.0 cm³/mol. The normalized spacial score (nSPS) is 34.6. The summed E-state index contributed by atoms with van der Waals surface area (Å²) in [5.41, 5.74) is 0.974. The molecule has 3 aliphatic carbocycles. The molecule has 3 heteroatoms. The van der Waals surface area contributed by atoms with Gasteiger partial charge < -0.3 is 5.32 Å². The predicted octanol–water partition coefficient (Wildman–Crippen LogP) is 4.58. The molecule has 1 N–H and O–H groups in total. The third kappa shape index (κ3) is 2.61. The average Bonchev–Trinajstić information content (AvgIpc) is 3.09. The van der Waals surface area contributed by atoms with Gasteiger partial charge in [0.05, 0.1) is 0 Å². The van der Waals surface area contributed by atoms with Crippen molar-refractivity contribution in [2.24, 2.45) is 17.3 Å². The molecule has 4 rings (SSSR count). The first-order valence-corrected chi connectivity index (χ1v) is 8.70. The van der Waals surface area contributed by atoms with E-state index in [0.29, 0.717) is 5.02 Å². The van der Waals surface area contributed by atoms with Gasteiger partial charge in [-0.1, -0.05) is 24.1 Å². The molecule has 114 valence electrons. The molecule has 21 heavy (non-hydrogen) atoms. The van der Waals surface area contributed by atoms with Gasteiger partial charge in [-0.3, -0.25) is 0 Å². The number of hydrogen-bond donors (Lipinski definition) is 1. The van der Waals surface area contributed by atoms with Gasteiger partial charge in [0.15, 0.2) is 0 Å². The van der Waals surface area contributed by atoms with E-state index in [2.05, 4.69) is 5.32 Å². The summed E-state index contributed by atoms with van der Waals surface area (Å²) in [6.45, 7) is 1.05. The zero-order valence-corrected chi connectivity index (χ0v) is 13.1. The molecule has 0 aromatic heterocycles. The summed E-state index contributed by atoms with van der Waals surface area (Å²) in [7, 11) is 0. The molecule has 0 heterocycles. The van der Waals surface area contributed by atoms with E-state index in [4.69, 9.17) is 11.6 Å². The Bertz CT molecular complexity index is 522. The van der Waals surface area contributed by atoms with Crippen LogP contribution in [0.1, 0.15) is 44.1 Å². The van der Waals surface area contributed by atoms with Crippen molar-refractivity contribution in [1.82, 2.24) is 5.32 Å². The van der Waals surface area contributed by atoms with Crippen molar-refractivity contribution in [2.45, 2.75) is 51.0 Å². The Morgan fingerprint density at radius 3 is 2.71 bits per heavy atom. The lowest BCUT2D eigenvalue weighted by Gasteiger charge is -2.39. The Labute approximate surface area is 131 Å². The lowest BCUT2D eigenvalue weighted by atomic mass is 9.69. The Hall–Kier alpha value is -0.600. The van der Waals surface area contributed by atoms with Crippen LogP contribution in [0, 0.1) is 23.1 Å². The Morgan fingerprint density at radius 1 is 1.24 bits per heavy atom. The maximum absolute atomic E-state index is 14.2. The van der Waals surface area contributed by atoms with Crippen LogP contribution >= 0.6 is 11.6 Å². The molecule has 3 fully saturated rings. The molecule has 3 saturated carbocycles. The summed E-state index contributed by atoms with van der Waals surface area (Å²) in [6, 6.07) is 5.81. The van der Waals surface area contributed by atoms with Crippen LogP contribution < -0.4 is 5.32 Å². The van der Waals surface area contributed by atoms with E-state index >= 15 is 0 Å². The highest BCUT2D eigenvalue weighted by atomic mass is 35.5. The first kappa shape index (κ1) is 14.0. The van der Waals surface area contributed by atoms with E-state index in [9.17, 15) is 4.39 Å². The molecule has 1 aromatic carbocycles. The maximum atomic E-state index is 14.2. The Kier molecular flexibility index (Phi) is 3.50. The number of fused-ring (bicyclic) bond motifs is 2. The molecular formula is C18H23ClFN. The maximum Gasteiger partial charge on any atom is 0.127 e. The van der Waals surface area contributed by atoms with Crippen LogP contribution in [0.15, 0.2) is 18.2 Å². The number of hydrogen-bond acceptors (Lipinski definition) is 1. The van der Waals surface area contributed by atoms with Crippen LogP contribution in [0.4, 0.5) is 4.39 Å². The second-order valence-electron chi connectivity index (χ2n) is 7.47. The van der Waals surface area contributed by atoms with Gasteiger partial charge >= 0.3 is 0 Å². The molecular weight excluding hydrogens is 285 g/mol. The van der Waals surface area contributed by atoms with Gasteiger partial charge in [-0.15, -0.1) is 0 Å². The van der Waals surface area contributed by atoms with Crippen LogP contribution in [0.3, 0.4) is 0 Å². The van der Waals surface area contributed by atoms with Crippen molar-refractivity contribution in [3.05, 3.63) is 34.6 Å². The highest BCUT2D eigenvalue weighted by molar-refractivity contribution is 6.31. The van der Waals surface area contributed by atoms with Crippen molar-refractivity contribution in [3.63, 3.8) is 0 Å². The van der Waals surface area contributed by atoms with Gasteiger partial charge in [-0.2, -0.15) is 0 Å². The van der Waals surface area contributed by atoms with Crippen molar-refractivity contribution in [2.75, 3.05) is 6.54 Å². The van der Waals surface area contributed by atoms with Crippen molar-refractivity contribution >= 4 is 11.6 Å². The largest absolute Gasteiger partial charge is 0.313 e. The van der Waals surface area contributed by atoms with Crippen molar-refractivity contribution in [3.8, 4) is 0 Å². The van der Waals surface area contributed by atoms with Gasteiger partial charge in [0.1, 0.15) is 5.82 Å². The fourth-order valence-electron chi connectivity index (χ4n) is 4.74. The second kappa shape index (κ2) is 5.24. The smallest absolute Gasteiger partial charge is 0.127 e. The third-order valence-electron chi connectivity index (χ3n) is 6.01. The van der Waals surface area contributed by atoms with Crippen LogP contribution in [-0.2, 0) is 6.42 Å². The fourth-order valence-corrected chi connectivity index (χ4v) is 4.97. The fraction of sp³-hybridized carbons (Fsp3) is 0.667. The minimum absolute atomic E-state index is 0.129. The minimum atomic E-state index is -0.129. The monoisotopic (exact) mass is 307 g/mol. The topological polar surface area (TPSA) is 12.0 Å². The van der Waals surface area contributed by atoms with Crippen LogP contribution in [0.2, 0.25) is 5.02 Å². The third-order valence-corrected chi connectivity index (χ3v) is 6.37. The van der Waals surface area contributed by atoms with Crippen molar-refractivity contribution < 1.29 is 4.39 Å². The van der Waals surface area contributed by atoms with E-state index < -0.39 is 0 Å². The zero-order valence-electron chi connectivity index (χ0n) is 12.4. The molecule has 3 unspecified atom stereocenters. The summed E-state index contributed by atoms with van der Waals surface area (Å²) in [6.07, 6.45) is 8.72. The molecule has 1 nitrogen and oxygen atoms in total. The molecule has 0 radical (unpaired) electrons. The van der Waals surface area contributed by atoms with Gasteiger partial charge in [0.2, 0.25) is 0 Å². The quantitative estimate of drug-likeness (QED) is 0.839. The van der Waals surface area contributed by atoms with Gasteiger partial charge in [0, 0.05) is 23.2 Å². The molecule has 0 amide bonds. The molecule has 0 aliphatic heterocycles. The van der Waals surface area contributed by atoms with E-state index in [1.54, 1.807) is 12.1 Å². The number of nitrogens with one attached hydrogen (secondary N) is 1. The Morgan fingerprint density at radius 2 is 2.10 bits per heavy atom.